The minimum Gasteiger partial charge on any atom is -0.492 e. The molecule has 0 aliphatic heterocycles. The van der Waals surface area contributed by atoms with Gasteiger partial charge in [-0.1, -0.05) is 35.9 Å². The van der Waals surface area contributed by atoms with Gasteiger partial charge in [-0.05, 0) is 50.1 Å². The Morgan fingerprint density at radius 2 is 1.95 bits per heavy atom. The van der Waals surface area contributed by atoms with E-state index in [1.54, 1.807) is 0 Å². The molecule has 2 rings (SSSR count). The van der Waals surface area contributed by atoms with E-state index < -0.39 is 0 Å². The molecule has 0 amide bonds. The van der Waals surface area contributed by atoms with Gasteiger partial charge < -0.3 is 10.1 Å². The van der Waals surface area contributed by atoms with Crippen LogP contribution in [0, 0.1) is 6.92 Å². The second-order valence-electron chi connectivity index (χ2n) is 4.80. The van der Waals surface area contributed by atoms with Gasteiger partial charge in [0.05, 0.1) is 11.6 Å². The number of hydrogen-bond acceptors (Lipinski definition) is 2. The van der Waals surface area contributed by atoms with Gasteiger partial charge in [0, 0.05) is 11.7 Å². The Bertz CT molecular complexity index is 583. The molecule has 1 unspecified atom stereocenters. The highest BCUT2D eigenvalue weighted by Gasteiger charge is 2.09. The fourth-order valence-electron chi connectivity index (χ4n) is 2.26. The van der Waals surface area contributed by atoms with Crippen LogP contribution in [0.15, 0.2) is 42.5 Å². The zero-order valence-electron chi connectivity index (χ0n) is 12.1. The van der Waals surface area contributed by atoms with E-state index in [9.17, 15) is 0 Å². The van der Waals surface area contributed by atoms with Crippen molar-refractivity contribution in [1.29, 1.82) is 0 Å². The Kier molecular flexibility index (Phi) is 4.91. The van der Waals surface area contributed by atoms with Crippen molar-refractivity contribution in [2.75, 3.05) is 11.9 Å². The SMILES string of the molecule is CCOc1ccc(NC(C)c2ccccc2C)cc1Cl. The third kappa shape index (κ3) is 3.45. The van der Waals surface area contributed by atoms with Crippen LogP contribution < -0.4 is 10.1 Å². The van der Waals surface area contributed by atoms with Gasteiger partial charge in [-0.2, -0.15) is 0 Å². The first-order chi connectivity index (χ1) is 9.61. The normalized spacial score (nSPS) is 12.0. The van der Waals surface area contributed by atoms with Crippen molar-refractivity contribution in [2.45, 2.75) is 26.8 Å². The summed E-state index contributed by atoms with van der Waals surface area (Å²) in [7, 11) is 0. The first-order valence-corrected chi connectivity index (χ1v) is 7.24. The summed E-state index contributed by atoms with van der Waals surface area (Å²) in [6.07, 6.45) is 0. The number of nitrogens with one attached hydrogen (secondary N) is 1. The van der Waals surface area contributed by atoms with Gasteiger partial charge >= 0.3 is 0 Å². The molecular formula is C17H20ClNO. The van der Waals surface area contributed by atoms with Gasteiger partial charge in [-0.15, -0.1) is 0 Å². The highest BCUT2D eigenvalue weighted by molar-refractivity contribution is 6.32. The lowest BCUT2D eigenvalue weighted by Gasteiger charge is -2.18. The molecule has 0 aliphatic rings. The zero-order valence-corrected chi connectivity index (χ0v) is 12.9. The van der Waals surface area contributed by atoms with E-state index in [1.807, 2.05) is 25.1 Å². The highest BCUT2D eigenvalue weighted by Crippen LogP contribution is 2.30. The highest BCUT2D eigenvalue weighted by atomic mass is 35.5. The molecule has 0 spiro atoms. The third-order valence-electron chi connectivity index (χ3n) is 3.27. The average molecular weight is 290 g/mol. The van der Waals surface area contributed by atoms with E-state index in [0.29, 0.717) is 11.6 Å². The number of hydrogen-bond donors (Lipinski definition) is 1. The van der Waals surface area contributed by atoms with E-state index in [-0.39, 0.29) is 6.04 Å². The van der Waals surface area contributed by atoms with Gasteiger partial charge in [0.15, 0.2) is 0 Å². The molecule has 0 heterocycles. The van der Waals surface area contributed by atoms with Crippen LogP contribution in [0.3, 0.4) is 0 Å². The predicted octanol–water partition coefficient (Wildman–Crippen LogP) is 5.22. The molecule has 0 fully saturated rings. The number of rotatable bonds is 5. The average Bonchev–Trinajstić information content (AvgIpc) is 2.42. The molecule has 0 saturated heterocycles. The van der Waals surface area contributed by atoms with Crippen molar-refractivity contribution >= 4 is 17.3 Å². The molecule has 2 nitrogen and oxygen atoms in total. The second kappa shape index (κ2) is 6.67. The predicted molar refractivity (Wildman–Crippen MR) is 85.8 cm³/mol. The summed E-state index contributed by atoms with van der Waals surface area (Å²) < 4.78 is 5.44. The molecule has 2 aromatic carbocycles. The Morgan fingerprint density at radius 1 is 1.20 bits per heavy atom. The molecule has 1 atom stereocenters. The first-order valence-electron chi connectivity index (χ1n) is 6.86. The van der Waals surface area contributed by atoms with E-state index in [1.165, 1.54) is 11.1 Å². The van der Waals surface area contributed by atoms with Crippen molar-refractivity contribution in [2.24, 2.45) is 0 Å². The molecule has 20 heavy (non-hydrogen) atoms. The van der Waals surface area contributed by atoms with E-state index >= 15 is 0 Å². The number of benzene rings is 2. The van der Waals surface area contributed by atoms with Crippen molar-refractivity contribution < 1.29 is 4.74 Å². The third-order valence-corrected chi connectivity index (χ3v) is 3.57. The molecule has 106 valence electrons. The molecular weight excluding hydrogens is 270 g/mol. The van der Waals surface area contributed by atoms with E-state index in [4.69, 9.17) is 16.3 Å². The first kappa shape index (κ1) is 14.7. The Morgan fingerprint density at radius 3 is 2.60 bits per heavy atom. The van der Waals surface area contributed by atoms with Gasteiger partial charge in [0.2, 0.25) is 0 Å². The fraction of sp³-hybridized carbons (Fsp3) is 0.294. The number of aryl methyl sites for hydroxylation is 1. The molecule has 1 N–H and O–H groups in total. The molecule has 3 heteroatoms. The summed E-state index contributed by atoms with van der Waals surface area (Å²) in [6, 6.07) is 14.4. The number of halogens is 1. The van der Waals surface area contributed by atoms with Gasteiger partial charge in [0.25, 0.3) is 0 Å². The van der Waals surface area contributed by atoms with Crippen LogP contribution >= 0.6 is 11.6 Å². The summed E-state index contributed by atoms with van der Waals surface area (Å²) in [5.41, 5.74) is 3.57. The van der Waals surface area contributed by atoms with Gasteiger partial charge in [-0.3, -0.25) is 0 Å². The lowest BCUT2D eigenvalue weighted by atomic mass is 10.0. The molecule has 0 saturated carbocycles. The summed E-state index contributed by atoms with van der Waals surface area (Å²) in [5, 5.41) is 4.10. The second-order valence-corrected chi connectivity index (χ2v) is 5.21. The number of anilines is 1. The van der Waals surface area contributed by atoms with E-state index in [2.05, 4.69) is 43.4 Å². The standard InChI is InChI=1S/C17H20ClNO/c1-4-20-17-10-9-14(11-16(17)18)19-13(3)15-8-6-5-7-12(15)2/h5-11,13,19H,4H2,1-3H3. The summed E-state index contributed by atoms with van der Waals surface area (Å²) in [4.78, 5) is 0. The topological polar surface area (TPSA) is 21.3 Å². The number of ether oxygens (including phenoxy) is 1. The van der Waals surface area contributed by atoms with Crippen molar-refractivity contribution in [3.8, 4) is 5.75 Å². The lowest BCUT2D eigenvalue weighted by molar-refractivity contribution is 0.340. The monoisotopic (exact) mass is 289 g/mol. The maximum atomic E-state index is 6.20. The van der Waals surface area contributed by atoms with Gasteiger partial charge in [0.1, 0.15) is 5.75 Å². The van der Waals surface area contributed by atoms with Crippen LogP contribution in [0.4, 0.5) is 5.69 Å². The maximum Gasteiger partial charge on any atom is 0.138 e. The van der Waals surface area contributed by atoms with Gasteiger partial charge in [-0.25, -0.2) is 0 Å². The Labute approximate surface area is 125 Å². The summed E-state index contributed by atoms with van der Waals surface area (Å²) >= 11 is 6.20. The Hall–Kier alpha value is -1.67. The molecule has 0 bridgehead atoms. The van der Waals surface area contributed by atoms with Crippen molar-refractivity contribution in [1.82, 2.24) is 0 Å². The van der Waals surface area contributed by atoms with Crippen LogP contribution in [0.5, 0.6) is 5.75 Å². The Balaban J connectivity index is 2.14. The van der Waals surface area contributed by atoms with Crippen LogP contribution in [-0.4, -0.2) is 6.61 Å². The maximum absolute atomic E-state index is 6.20. The van der Waals surface area contributed by atoms with E-state index in [0.717, 1.165) is 11.4 Å². The summed E-state index contributed by atoms with van der Waals surface area (Å²) in [5.74, 6) is 0.725. The van der Waals surface area contributed by atoms with Crippen molar-refractivity contribution in [3.63, 3.8) is 0 Å². The molecule has 2 aromatic rings. The summed E-state index contributed by atoms with van der Waals surface area (Å²) in [6.45, 7) is 6.83. The van der Waals surface area contributed by atoms with Crippen LogP contribution in [0.25, 0.3) is 0 Å². The molecule has 0 aliphatic carbocycles. The van der Waals surface area contributed by atoms with Crippen LogP contribution in [-0.2, 0) is 0 Å². The van der Waals surface area contributed by atoms with Crippen LogP contribution in [0.1, 0.15) is 31.0 Å². The smallest absolute Gasteiger partial charge is 0.138 e. The van der Waals surface area contributed by atoms with Crippen molar-refractivity contribution in [3.05, 3.63) is 58.6 Å². The minimum atomic E-state index is 0.227. The lowest BCUT2D eigenvalue weighted by Crippen LogP contribution is -2.08. The van der Waals surface area contributed by atoms with Crippen LogP contribution in [0.2, 0.25) is 5.02 Å². The minimum absolute atomic E-state index is 0.227. The fourth-order valence-corrected chi connectivity index (χ4v) is 2.50. The molecule has 0 aromatic heterocycles. The molecule has 0 radical (unpaired) electrons. The largest absolute Gasteiger partial charge is 0.492 e. The zero-order chi connectivity index (χ0) is 14.5. The quantitative estimate of drug-likeness (QED) is 0.815.